The third-order valence-corrected chi connectivity index (χ3v) is 5.54. The molecule has 0 amide bonds. The van der Waals surface area contributed by atoms with Crippen LogP contribution < -0.4 is 11.4 Å². The van der Waals surface area contributed by atoms with Gasteiger partial charge >= 0.3 is 5.69 Å². The second kappa shape index (κ2) is 4.31. The van der Waals surface area contributed by atoms with Gasteiger partial charge in [0.2, 0.25) is 0 Å². The summed E-state index contributed by atoms with van der Waals surface area (Å²) >= 11 is 3.45. The molecule has 4 rings (SSSR count). The average Bonchev–Trinajstić information content (AvgIpc) is 3.08. The Balaban J connectivity index is 1.80. The van der Waals surface area contributed by atoms with Crippen LogP contribution in [-0.4, -0.2) is 9.97 Å². The average molecular weight is 301 g/mol. The van der Waals surface area contributed by atoms with Crippen LogP contribution in [0.5, 0.6) is 0 Å². The molecule has 3 heterocycles. The number of hydrogen-bond acceptors (Lipinski definition) is 4. The number of nitrogens with two attached hydrogens (primary N) is 1. The van der Waals surface area contributed by atoms with Crippen molar-refractivity contribution < 1.29 is 0 Å². The normalized spacial score (nSPS) is 13.2. The number of nitrogens with one attached hydrogen (secondary N) is 2. The van der Waals surface area contributed by atoms with Gasteiger partial charge in [-0.1, -0.05) is 6.07 Å². The first-order chi connectivity index (χ1) is 9.70. The van der Waals surface area contributed by atoms with E-state index in [0.29, 0.717) is 0 Å². The zero-order valence-electron chi connectivity index (χ0n) is 10.3. The van der Waals surface area contributed by atoms with Crippen LogP contribution in [0.1, 0.15) is 16.5 Å². The number of aromatic amines is 2. The summed E-state index contributed by atoms with van der Waals surface area (Å²) < 4.78 is 2.55. The standard InChI is InChI=1S/C14H11N3OS2/c15-13(12-6-11-10(20-12)3-4-19-11)7-1-2-8-9(5-7)17-14(18)16-8/h1-6,13H,15H2,(H2,16,17,18). The number of fused-ring (bicyclic) bond motifs is 2. The molecule has 1 aromatic carbocycles. The molecule has 0 aliphatic heterocycles. The van der Waals surface area contributed by atoms with E-state index in [-0.39, 0.29) is 11.7 Å². The minimum Gasteiger partial charge on any atom is -0.320 e. The van der Waals surface area contributed by atoms with E-state index in [0.717, 1.165) is 21.5 Å². The van der Waals surface area contributed by atoms with E-state index in [2.05, 4.69) is 27.5 Å². The minimum absolute atomic E-state index is 0.164. The Morgan fingerprint density at radius 1 is 1.05 bits per heavy atom. The second-order valence-corrected chi connectivity index (χ2v) is 6.72. The first-order valence-electron chi connectivity index (χ1n) is 6.15. The highest BCUT2D eigenvalue weighted by atomic mass is 32.1. The molecule has 1 atom stereocenters. The van der Waals surface area contributed by atoms with Gasteiger partial charge in [-0.25, -0.2) is 4.79 Å². The van der Waals surface area contributed by atoms with Crippen molar-refractivity contribution in [3.63, 3.8) is 0 Å². The summed E-state index contributed by atoms with van der Waals surface area (Å²) in [4.78, 5) is 17.9. The Hall–Kier alpha value is -1.89. The van der Waals surface area contributed by atoms with Gasteiger partial charge in [0.05, 0.1) is 17.1 Å². The lowest BCUT2D eigenvalue weighted by molar-refractivity contribution is 0.896. The van der Waals surface area contributed by atoms with Crippen molar-refractivity contribution in [1.82, 2.24) is 9.97 Å². The van der Waals surface area contributed by atoms with Crippen LogP contribution in [0.2, 0.25) is 0 Å². The van der Waals surface area contributed by atoms with Crippen molar-refractivity contribution in [2.24, 2.45) is 5.73 Å². The van der Waals surface area contributed by atoms with Crippen LogP contribution in [0.4, 0.5) is 0 Å². The summed E-state index contributed by atoms with van der Waals surface area (Å²) in [5.74, 6) is 0. The van der Waals surface area contributed by atoms with Crippen LogP contribution in [0.15, 0.2) is 40.5 Å². The van der Waals surface area contributed by atoms with Gasteiger partial charge in [0, 0.05) is 14.3 Å². The van der Waals surface area contributed by atoms with Gasteiger partial charge in [0.25, 0.3) is 0 Å². The molecule has 1 unspecified atom stereocenters. The minimum atomic E-state index is -0.192. The first-order valence-corrected chi connectivity index (χ1v) is 7.85. The maximum Gasteiger partial charge on any atom is 0.323 e. The Bertz CT molecular complexity index is 931. The van der Waals surface area contributed by atoms with Gasteiger partial charge in [0.15, 0.2) is 0 Å². The number of hydrogen-bond donors (Lipinski definition) is 3. The van der Waals surface area contributed by atoms with Crippen LogP contribution in [-0.2, 0) is 0 Å². The fourth-order valence-corrected chi connectivity index (χ4v) is 4.49. The Morgan fingerprint density at radius 3 is 2.75 bits per heavy atom. The molecule has 0 aliphatic carbocycles. The number of thiophene rings is 2. The number of aromatic nitrogens is 2. The van der Waals surface area contributed by atoms with Gasteiger partial charge in [0.1, 0.15) is 0 Å². The highest BCUT2D eigenvalue weighted by molar-refractivity contribution is 7.27. The van der Waals surface area contributed by atoms with E-state index in [1.807, 2.05) is 18.2 Å². The van der Waals surface area contributed by atoms with Gasteiger partial charge < -0.3 is 15.7 Å². The zero-order valence-corrected chi connectivity index (χ0v) is 12.0. The predicted molar refractivity (Wildman–Crippen MR) is 84.7 cm³/mol. The molecule has 0 bridgehead atoms. The van der Waals surface area contributed by atoms with E-state index < -0.39 is 0 Å². The SMILES string of the molecule is NC(c1ccc2[nH]c(=O)[nH]c2c1)c1cc2sccc2s1. The molecular weight excluding hydrogens is 290 g/mol. The Kier molecular flexibility index (Phi) is 2.56. The summed E-state index contributed by atoms with van der Waals surface area (Å²) in [7, 11) is 0. The molecule has 0 spiro atoms. The van der Waals surface area contributed by atoms with Crippen LogP contribution in [0, 0.1) is 0 Å². The molecule has 20 heavy (non-hydrogen) atoms. The molecule has 4 nitrogen and oxygen atoms in total. The second-order valence-electron chi connectivity index (χ2n) is 4.66. The number of benzene rings is 1. The molecule has 3 aromatic heterocycles. The smallest absolute Gasteiger partial charge is 0.320 e. The van der Waals surface area contributed by atoms with Gasteiger partial charge in [-0.15, -0.1) is 22.7 Å². The number of imidazole rings is 1. The van der Waals surface area contributed by atoms with Crippen LogP contribution in [0.3, 0.4) is 0 Å². The zero-order chi connectivity index (χ0) is 13.7. The third kappa shape index (κ3) is 1.81. The maximum absolute atomic E-state index is 11.3. The van der Waals surface area contributed by atoms with E-state index in [1.165, 1.54) is 9.40 Å². The summed E-state index contributed by atoms with van der Waals surface area (Å²) in [5, 5.41) is 2.09. The lowest BCUT2D eigenvalue weighted by Gasteiger charge is -2.09. The predicted octanol–water partition coefficient (Wildman–Crippen LogP) is 3.18. The third-order valence-electron chi connectivity index (χ3n) is 3.36. The molecule has 0 fully saturated rings. The van der Waals surface area contributed by atoms with Gasteiger partial charge in [-0.2, -0.15) is 0 Å². The quantitative estimate of drug-likeness (QED) is 0.532. The lowest BCUT2D eigenvalue weighted by Crippen LogP contribution is -2.09. The first kappa shape index (κ1) is 11.9. The monoisotopic (exact) mass is 301 g/mol. The van der Waals surface area contributed by atoms with Crippen molar-refractivity contribution in [3.8, 4) is 0 Å². The van der Waals surface area contributed by atoms with E-state index in [9.17, 15) is 4.79 Å². The molecule has 0 radical (unpaired) electrons. The van der Waals surface area contributed by atoms with E-state index in [1.54, 1.807) is 22.7 Å². The van der Waals surface area contributed by atoms with Crippen LogP contribution >= 0.6 is 22.7 Å². The maximum atomic E-state index is 11.3. The summed E-state index contributed by atoms with van der Waals surface area (Å²) in [6.45, 7) is 0. The fourth-order valence-electron chi connectivity index (χ4n) is 2.35. The topological polar surface area (TPSA) is 74.7 Å². The van der Waals surface area contributed by atoms with Crippen LogP contribution in [0.25, 0.3) is 20.4 Å². The summed E-state index contributed by atoms with van der Waals surface area (Å²) in [5.41, 5.74) is 8.76. The molecule has 4 N–H and O–H groups in total. The van der Waals surface area contributed by atoms with Crippen molar-refractivity contribution in [2.75, 3.05) is 0 Å². The van der Waals surface area contributed by atoms with E-state index >= 15 is 0 Å². The Labute approximate surface area is 121 Å². The van der Waals surface area contributed by atoms with Crippen molar-refractivity contribution in [3.05, 3.63) is 56.6 Å². The number of rotatable bonds is 2. The summed E-state index contributed by atoms with van der Waals surface area (Å²) in [6, 6.07) is 9.89. The molecular formula is C14H11N3OS2. The molecule has 0 saturated heterocycles. The molecule has 100 valence electrons. The molecule has 4 aromatic rings. The van der Waals surface area contributed by atoms with Crippen molar-refractivity contribution in [1.29, 1.82) is 0 Å². The number of H-pyrrole nitrogens is 2. The molecule has 0 aliphatic rings. The van der Waals surface area contributed by atoms with Crippen molar-refractivity contribution >= 4 is 43.1 Å². The summed E-state index contributed by atoms with van der Waals surface area (Å²) in [6.07, 6.45) is 0. The van der Waals surface area contributed by atoms with E-state index in [4.69, 9.17) is 5.73 Å². The highest BCUT2D eigenvalue weighted by Gasteiger charge is 2.14. The van der Waals surface area contributed by atoms with Gasteiger partial charge in [-0.05, 0) is 35.2 Å². The fraction of sp³-hybridized carbons (Fsp3) is 0.0714. The molecule has 6 heteroatoms. The lowest BCUT2D eigenvalue weighted by atomic mass is 10.1. The Morgan fingerprint density at radius 2 is 1.90 bits per heavy atom. The molecule has 0 saturated carbocycles. The van der Waals surface area contributed by atoms with Crippen molar-refractivity contribution in [2.45, 2.75) is 6.04 Å². The van der Waals surface area contributed by atoms with Gasteiger partial charge in [-0.3, -0.25) is 0 Å². The highest BCUT2D eigenvalue weighted by Crippen LogP contribution is 2.35. The largest absolute Gasteiger partial charge is 0.323 e.